The summed E-state index contributed by atoms with van der Waals surface area (Å²) >= 11 is 0. The van der Waals surface area contributed by atoms with E-state index in [4.69, 9.17) is 5.11 Å². The van der Waals surface area contributed by atoms with Crippen LogP contribution < -0.4 is 10.6 Å². The summed E-state index contributed by atoms with van der Waals surface area (Å²) < 4.78 is 0. The maximum atomic E-state index is 11.9. The van der Waals surface area contributed by atoms with Gasteiger partial charge in [0.15, 0.2) is 0 Å². The molecule has 1 aliphatic rings. The minimum atomic E-state index is -1.06. The van der Waals surface area contributed by atoms with Crippen molar-refractivity contribution < 1.29 is 14.7 Å². The van der Waals surface area contributed by atoms with Crippen molar-refractivity contribution in [3.8, 4) is 0 Å². The number of aromatic nitrogens is 2. The lowest BCUT2D eigenvalue weighted by Gasteiger charge is -2.22. The normalized spacial score (nSPS) is 15.5. The molecular weight excluding hydrogens is 248 g/mol. The van der Waals surface area contributed by atoms with Gasteiger partial charge in [0.2, 0.25) is 5.91 Å². The maximum absolute atomic E-state index is 11.9. The largest absolute Gasteiger partial charge is 0.480 e. The highest BCUT2D eigenvalue weighted by Gasteiger charge is 2.23. The van der Waals surface area contributed by atoms with Crippen molar-refractivity contribution in [1.82, 2.24) is 20.6 Å². The number of H-pyrrole nitrogens is 1. The van der Waals surface area contributed by atoms with E-state index >= 15 is 0 Å². The first kappa shape index (κ1) is 13.3. The van der Waals surface area contributed by atoms with Crippen molar-refractivity contribution in [1.29, 1.82) is 0 Å². The van der Waals surface area contributed by atoms with Crippen molar-refractivity contribution in [3.05, 3.63) is 29.4 Å². The van der Waals surface area contributed by atoms with Gasteiger partial charge in [-0.05, 0) is 12.5 Å². The van der Waals surface area contributed by atoms with Gasteiger partial charge in [-0.2, -0.15) is 0 Å². The molecule has 1 amide bonds. The van der Waals surface area contributed by atoms with Gasteiger partial charge in [0.05, 0.1) is 6.33 Å². The van der Waals surface area contributed by atoms with Gasteiger partial charge in [0, 0.05) is 37.0 Å². The molecule has 1 aromatic heterocycles. The highest BCUT2D eigenvalue weighted by molar-refractivity contribution is 5.96. The lowest BCUT2D eigenvalue weighted by Crippen LogP contribution is -2.44. The van der Waals surface area contributed by atoms with Crippen LogP contribution in [0.4, 0.5) is 0 Å². The quantitative estimate of drug-likeness (QED) is 0.533. The third-order valence-corrected chi connectivity index (χ3v) is 3.13. The number of nitrogens with one attached hydrogen (secondary N) is 3. The number of carbonyl (C=O) groups is 2. The number of rotatable bonds is 5. The molecule has 1 saturated heterocycles. The Kier molecular flexibility index (Phi) is 3.96. The van der Waals surface area contributed by atoms with Gasteiger partial charge >= 0.3 is 5.97 Å². The molecule has 2 rings (SSSR count). The highest BCUT2D eigenvalue weighted by Crippen LogP contribution is 2.09. The molecule has 0 aliphatic carbocycles. The van der Waals surface area contributed by atoms with E-state index in [1.807, 2.05) is 0 Å². The molecule has 1 aliphatic heterocycles. The molecule has 2 heterocycles. The number of carboxylic acids is 1. The van der Waals surface area contributed by atoms with Crippen LogP contribution in [0.3, 0.4) is 0 Å². The van der Waals surface area contributed by atoms with E-state index in [2.05, 4.69) is 20.6 Å². The van der Waals surface area contributed by atoms with E-state index in [9.17, 15) is 9.59 Å². The standard InChI is InChI=1S/C12H16N4O3/c1-7(8-3-13-4-8)11(17)16-10(12(18)19)2-9-5-14-6-15-9/h5-6,10,13H,2-4H2,1H3,(H,14,15)(H,16,17)(H,18,19)/t10-/m1/s1. The number of amides is 1. The minimum absolute atomic E-state index is 0.182. The van der Waals surface area contributed by atoms with E-state index in [-0.39, 0.29) is 12.3 Å². The average Bonchev–Trinajstić information content (AvgIpc) is 2.78. The van der Waals surface area contributed by atoms with Crippen LogP contribution in [0.2, 0.25) is 0 Å². The Hall–Kier alpha value is -2.15. The first-order valence-corrected chi connectivity index (χ1v) is 5.98. The number of carbonyl (C=O) groups excluding carboxylic acids is 1. The lowest BCUT2D eigenvalue weighted by atomic mass is 10.0. The van der Waals surface area contributed by atoms with Crippen LogP contribution in [0.5, 0.6) is 0 Å². The van der Waals surface area contributed by atoms with Gasteiger partial charge in [-0.25, -0.2) is 9.78 Å². The molecule has 1 aromatic rings. The molecule has 0 spiro atoms. The fourth-order valence-electron chi connectivity index (χ4n) is 1.76. The summed E-state index contributed by atoms with van der Waals surface area (Å²) in [6, 6.07) is -0.962. The number of nitrogens with zero attached hydrogens (tertiary/aromatic N) is 1. The van der Waals surface area contributed by atoms with Crippen molar-refractivity contribution in [3.63, 3.8) is 0 Å². The van der Waals surface area contributed by atoms with Gasteiger partial charge in [0.25, 0.3) is 0 Å². The summed E-state index contributed by atoms with van der Waals surface area (Å²) in [6.45, 7) is 3.09. The van der Waals surface area contributed by atoms with Gasteiger partial charge < -0.3 is 20.7 Å². The first-order chi connectivity index (χ1) is 9.08. The Bertz CT molecular complexity index is 501. The smallest absolute Gasteiger partial charge is 0.326 e. The number of imidazole rings is 1. The highest BCUT2D eigenvalue weighted by atomic mass is 16.4. The Morgan fingerprint density at radius 1 is 1.53 bits per heavy atom. The number of hydrogen-bond donors (Lipinski definition) is 4. The van der Waals surface area contributed by atoms with Gasteiger partial charge in [-0.3, -0.25) is 4.79 Å². The van der Waals surface area contributed by atoms with Crippen LogP contribution in [0, 0.1) is 0 Å². The van der Waals surface area contributed by atoms with Gasteiger partial charge in [0.1, 0.15) is 6.04 Å². The molecule has 1 atom stereocenters. The molecule has 4 N–H and O–H groups in total. The number of aliphatic carboxylic acids is 1. The second-order valence-corrected chi connectivity index (χ2v) is 4.48. The second kappa shape index (κ2) is 5.66. The molecular formula is C12H16N4O3. The Labute approximate surface area is 110 Å². The van der Waals surface area contributed by atoms with Crippen molar-refractivity contribution in [2.75, 3.05) is 13.1 Å². The fourth-order valence-corrected chi connectivity index (χ4v) is 1.76. The monoisotopic (exact) mass is 264 g/mol. The summed E-state index contributed by atoms with van der Waals surface area (Å²) in [5, 5.41) is 14.7. The Balaban J connectivity index is 2.00. The SMILES string of the molecule is CC(C(=O)N[C@H](Cc1cnc[nH]1)C(=O)O)=C1CNC1. The van der Waals surface area contributed by atoms with Gasteiger partial charge in [-0.1, -0.05) is 0 Å². The number of carboxylic acid groups (broad SMARTS) is 1. The van der Waals surface area contributed by atoms with Crippen LogP contribution in [-0.2, 0) is 16.0 Å². The molecule has 7 nitrogen and oxygen atoms in total. The van der Waals surface area contributed by atoms with Crippen LogP contribution in [0.1, 0.15) is 12.6 Å². The Morgan fingerprint density at radius 3 is 2.74 bits per heavy atom. The molecule has 0 saturated carbocycles. The number of aromatic amines is 1. The topological polar surface area (TPSA) is 107 Å². The van der Waals surface area contributed by atoms with Crippen LogP contribution in [0.25, 0.3) is 0 Å². The molecule has 19 heavy (non-hydrogen) atoms. The van der Waals surface area contributed by atoms with E-state index < -0.39 is 12.0 Å². The Morgan fingerprint density at radius 2 is 2.26 bits per heavy atom. The van der Waals surface area contributed by atoms with Gasteiger partial charge in [-0.15, -0.1) is 0 Å². The maximum Gasteiger partial charge on any atom is 0.326 e. The minimum Gasteiger partial charge on any atom is -0.480 e. The molecule has 102 valence electrons. The van der Waals surface area contributed by atoms with Crippen molar-refractivity contribution in [2.45, 2.75) is 19.4 Å². The molecule has 1 fully saturated rings. The van der Waals surface area contributed by atoms with E-state index in [0.29, 0.717) is 24.4 Å². The molecule has 7 heteroatoms. The summed E-state index contributed by atoms with van der Waals surface area (Å²) in [6.07, 6.45) is 3.20. The molecule has 0 unspecified atom stereocenters. The van der Waals surface area contributed by atoms with Crippen LogP contribution in [-0.4, -0.2) is 46.1 Å². The third-order valence-electron chi connectivity index (χ3n) is 3.13. The van der Waals surface area contributed by atoms with E-state index in [1.54, 1.807) is 13.1 Å². The zero-order valence-corrected chi connectivity index (χ0v) is 10.6. The second-order valence-electron chi connectivity index (χ2n) is 4.48. The van der Waals surface area contributed by atoms with Crippen LogP contribution >= 0.6 is 0 Å². The number of hydrogen-bond acceptors (Lipinski definition) is 4. The van der Waals surface area contributed by atoms with Crippen molar-refractivity contribution >= 4 is 11.9 Å². The lowest BCUT2D eigenvalue weighted by molar-refractivity contribution is -0.141. The summed E-state index contributed by atoms with van der Waals surface area (Å²) in [5.74, 6) is -1.39. The molecule has 0 aromatic carbocycles. The van der Waals surface area contributed by atoms with E-state index in [1.165, 1.54) is 6.33 Å². The first-order valence-electron chi connectivity index (χ1n) is 5.98. The summed E-state index contributed by atoms with van der Waals surface area (Å²) in [5.41, 5.74) is 2.28. The molecule has 0 bridgehead atoms. The summed E-state index contributed by atoms with van der Waals surface area (Å²) in [4.78, 5) is 29.7. The predicted octanol–water partition coefficient (Wildman–Crippen LogP) is -0.559. The predicted molar refractivity (Wildman–Crippen MR) is 67.4 cm³/mol. The third kappa shape index (κ3) is 3.19. The van der Waals surface area contributed by atoms with Crippen LogP contribution in [0.15, 0.2) is 23.7 Å². The summed E-state index contributed by atoms with van der Waals surface area (Å²) in [7, 11) is 0. The zero-order valence-electron chi connectivity index (χ0n) is 10.6. The molecule has 0 radical (unpaired) electrons. The van der Waals surface area contributed by atoms with E-state index in [0.717, 1.165) is 5.57 Å². The zero-order chi connectivity index (χ0) is 13.8. The van der Waals surface area contributed by atoms with Crippen molar-refractivity contribution in [2.24, 2.45) is 0 Å². The average molecular weight is 264 g/mol. The fraction of sp³-hybridized carbons (Fsp3) is 0.417.